The van der Waals surface area contributed by atoms with Crippen LogP contribution in [0.25, 0.3) is 0 Å². The first kappa shape index (κ1) is 12.5. The lowest BCUT2D eigenvalue weighted by Gasteiger charge is -2.20. The fraction of sp³-hybridized carbons (Fsp3) is 0.538. The van der Waals surface area contributed by atoms with E-state index >= 15 is 0 Å². The Labute approximate surface area is 96.7 Å². The summed E-state index contributed by atoms with van der Waals surface area (Å²) in [6.45, 7) is 3.95. The molecule has 0 saturated carbocycles. The highest BCUT2D eigenvalue weighted by Crippen LogP contribution is 2.28. The molecule has 0 bridgehead atoms. The van der Waals surface area contributed by atoms with E-state index < -0.39 is 5.41 Å². The van der Waals surface area contributed by atoms with Gasteiger partial charge in [-0.25, -0.2) is 0 Å². The number of aromatic nitrogens is 1. The summed E-state index contributed by atoms with van der Waals surface area (Å²) in [4.78, 5) is 11.9. The van der Waals surface area contributed by atoms with Crippen molar-refractivity contribution < 1.29 is 4.79 Å². The smallest absolute Gasteiger partial charge is 0.232 e. The number of nitrogens with zero attached hydrogens (tertiary/aromatic N) is 2. The van der Waals surface area contributed by atoms with E-state index in [0.717, 1.165) is 19.3 Å². The zero-order valence-electron chi connectivity index (χ0n) is 9.94. The molecule has 3 nitrogen and oxygen atoms in total. The molecular formula is C13H18N2O. The zero-order chi connectivity index (χ0) is 12.0. The molecule has 0 spiro atoms. The van der Waals surface area contributed by atoms with Crippen LogP contribution in [0.3, 0.4) is 0 Å². The lowest BCUT2D eigenvalue weighted by Crippen LogP contribution is -2.22. The highest BCUT2D eigenvalue weighted by Gasteiger charge is 2.27. The molecule has 86 valence electrons. The van der Waals surface area contributed by atoms with Gasteiger partial charge in [0.2, 0.25) is 5.91 Å². The number of rotatable bonds is 5. The van der Waals surface area contributed by atoms with E-state index in [2.05, 4.69) is 13.0 Å². The quantitative estimate of drug-likeness (QED) is 0.761. The van der Waals surface area contributed by atoms with E-state index in [-0.39, 0.29) is 12.3 Å². The number of carbonyl (C=O) groups excluding carboxylic acids is 1. The monoisotopic (exact) mass is 218 g/mol. The van der Waals surface area contributed by atoms with E-state index in [1.165, 1.54) is 0 Å². The van der Waals surface area contributed by atoms with E-state index in [1.807, 2.05) is 19.1 Å². The van der Waals surface area contributed by atoms with Gasteiger partial charge in [-0.05, 0) is 25.5 Å². The van der Waals surface area contributed by atoms with Crippen molar-refractivity contribution in [1.29, 1.82) is 5.26 Å². The number of hydrogen-bond donors (Lipinski definition) is 0. The normalized spacial score (nSPS) is 14.1. The standard InChI is InChI=1S/C13H18N2O/c1-3-4-7-13(2,11-14)10-12(16)15-8-5-6-9-15/h5-6,8-9H,3-4,7,10H2,1-2H3/t13-/m0/s1. The predicted octanol–water partition coefficient (Wildman–Crippen LogP) is 3.24. The minimum atomic E-state index is -0.530. The van der Waals surface area contributed by atoms with Crippen molar-refractivity contribution in [3.63, 3.8) is 0 Å². The van der Waals surface area contributed by atoms with Gasteiger partial charge in [-0.1, -0.05) is 19.8 Å². The molecule has 0 aliphatic rings. The molecule has 0 fully saturated rings. The molecule has 0 N–H and O–H groups in total. The van der Waals surface area contributed by atoms with Gasteiger partial charge >= 0.3 is 0 Å². The Balaban J connectivity index is 2.63. The molecule has 0 aliphatic carbocycles. The Bertz CT molecular complexity index is 375. The van der Waals surface area contributed by atoms with Crippen molar-refractivity contribution >= 4 is 5.91 Å². The molecule has 1 rings (SSSR count). The summed E-state index contributed by atoms with van der Waals surface area (Å²) in [5.74, 6) is -0.00912. The third-order valence-corrected chi connectivity index (χ3v) is 2.79. The predicted molar refractivity (Wildman–Crippen MR) is 62.9 cm³/mol. The second-order valence-electron chi connectivity index (χ2n) is 4.44. The summed E-state index contributed by atoms with van der Waals surface area (Å²) in [5.41, 5.74) is -0.530. The number of carbonyl (C=O) groups is 1. The molecule has 0 aliphatic heterocycles. The van der Waals surface area contributed by atoms with Crippen LogP contribution in [0.4, 0.5) is 0 Å². The average Bonchev–Trinajstić information content (AvgIpc) is 2.80. The Morgan fingerprint density at radius 2 is 2.06 bits per heavy atom. The van der Waals surface area contributed by atoms with Crippen LogP contribution in [-0.4, -0.2) is 10.5 Å². The fourth-order valence-electron chi connectivity index (χ4n) is 1.68. The molecule has 1 heterocycles. The highest BCUT2D eigenvalue weighted by molar-refractivity contribution is 5.79. The zero-order valence-corrected chi connectivity index (χ0v) is 9.94. The number of hydrogen-bond acceptors (Lipinski definition) is 2. The van der Waals surface area contributed by atoms with Gasteiger partial charge in [-0.2, -0.15) is 5.26 Å². The van der Waals surface area contributed by atoms with Crippen molar-refractivity contribution in [2.75, 3.05) is 0 Å². The summed E-state index contributed by atoms with van der Waals surface area (Å²) >= 11 is 0. The van der Waals surface area contributed by atoms with Gasteiger partial charge < -0.3 is 0 Å². The van der Waals surface area contributed by atoms with Crippen molar-refractivity contribution in [2.24, 2.45) is 5.41 Å². The molecule has 0 saturated heterocycles. The molecule has 3 heteroatoms. The molecule has 0 aromatic carbocycles. The van der Waals surface area contributed by atoms with Gasteiger partial charge in [0, 0.05) is 18.8 Å². The lowest BCUT2D eigenvalue weighted by molar-refractivity contribution is 0.0859. The van der Waals surface area contributed by atoms with Gasteiger partial charge in [-0.15, -0.1) is 0 Å². The lowest BCUT2D eigenvalue weighted by atomic mass is 9.83. The van der Waals surface area contributed by atoms with Crippen LogP contribution < -0.4 is 0 Å². The van der Waals surface area contributed by atoms with Crippen LogP contribution in [0.5, 0.6) is 0 Å². The first-order chi connectivity index (χ1) is 7.61. The Kier molecular flexibility index (Phi) is 4.30. The Hall–Kier alpha value is -1.56. The SMILES string of the molecule is CCCC[C@](C)(C#N)CC(=O)n1cccc1. The first-order valence-electron chi connectivity index (χ1n) is 5.69. The van der Waals surface area contributed by atoms with E-state index in [9.17, 15) is 4.79 Å². The van der Waals surface area contributed by atoms with Crippen LogP contribution in [0, 0.1) is 16.7 Å². The topological polar surface area (TPSA) is 45.8 Å². The largest absolute Gasteiger partial charge is 0.295 e. The minimum absolute atomic E-state index is 0.00912. The average molecular weight is 218 g/mol. The summed E-state index contributed by atoms with van der Waals surface area (Å²) < 4.78 is 1.54. The van der Waals surface area contributed by atoms with Gasteiger partial charge in [0.15, 0.2) is 0 Å². The van der Waals surface area contributed by atoms with Crippen LogP contribution >= 0.6 is 0 Å². The summed E-state index contributed by atoms with van der Waals surface area (Å²) in [6.07, 6.45) is 6.56. The minimum Gasteiger partial charge on any atom is -0.295 e. The summed E-state index contributed by atoms with van der Waals surface area (Å²) in [7, 11) is 0. The molecule has 1 aromatic rings. The third kappa shape index (κ3) is 3.23. The van der Waals surface area contributed by atoms with Crippen LogP contribution in [-0.2, 0) is 0 Å². The van der Waals surface area contributed by atoms with E-state index in [4.69, 9.17) is 5.26 Å². The van der Waals surface area contributed by atoms with Crippen molar-refractivity contribution in [3.8, 4) is 6.07 Å². The Morgan fingerprint density at radius 3 is 2.56 bits per heavy atom. The molecule has 1 atom stereocenters. The van der Waals surface area contributed by atoms with Crippen LogP contribution in [0.1, 0.15) is 44.3 Å². The molecule has 0 radical (unpaired) electrons. The van der Waals surface area contributed by atoms with Gasteiger partial charge in [0.05, 0.1) is 11.5 Å². The van der Waals surface area contributed by atoms with Crippen molar-refractivity contribution in [2.45, 2.75) is 39.5 Å². The van der Waals surface area contributed by atoms with E-state index in [0.29, 0.717) is 0 Å². The molecule has 0 amide bonds. The second-order valence-corrected chi connectivity index (χ2v) is 4.44. The molecular weight excluding hydrogens is 200 g/mol. The maximum absolute atomic E-state index is 11.9. The number of unbranched alkanes of at least 4 members (excludes halogenated alkanes) is 1. The van der Waals surface area contributed by atoms with Gasteiger partial charge in [0.25, 0.3) is 0 Å². The molecule has 0 unspecified atom stereocenters. The maximum atomic E-state index is 11.9. The first-order valence-corrected chi connectivity index (χ1v) is 5.69. The maximum Gasteiger partial charge on any atom is 0.232 e. The van der Waals surface area contributed by atoms with E-state index in [1.54, 1.807) is 17.0 Å². The highest BCUT2D eigenvalue weighted by atomic mass is 16.2. The Morgan fingerprint density at radius 1 is 1.44 bits per heavy atom. The summed E-state index contributed by atoms with van der Waals surface area (Å²) in [5, 5.41) is 9.15. The van der Waals surface area contributed by atoms with Crippen LogP contribution in [0.15, 0.2) is 24.5 Å². The van der Waals surface area contributed by atoms with Crippen molar-refractivity contribution in [3.05, 3.63) is 24.5 Å². The molecule has 16 heavy (non-hydrogen) atoms. The molecule has 1 aromatic heterocycles. The second kappa shape index (κ2) is 5.50. The number of nitriles is 1. The van der Waals surface area contributed by atoms with Crippen LogP contribution in [0.2, 0.25) is 0 Å². The van der Waals surface area contributed by atoms with Gasteiger partial charge in [-0.3, -0.25) is 9.36 Å². The third-order valence-electron chi connectivity index (χ3n) is 2.79. The van der Waals surface area contributed by atoms with Gasteiger partial charge in [0.1, 0.15) is 0 Å². The fourth-order valence-corrected chi connectivity index (χ4v) is 1.68. The van der Waals surface area contributed by atoms with Crippen molar-refractivity contribution in [1.82, 2.24) is 4.57 Å². The summed E-state index contributed by atoms with van der Waals surface area (Å²) in [6, 6.07) is 5.90.